The van der Waals surface area contributed by atoms with Crippen LogP contribution >= 0.6 is 15.9 Å². The lowest BCUT2D eigenvalue weighted by atomic mass is 9.94. The van der Waals surface area contributed by atoms with Crippen molar-refractivity contribution in [3.63, 3.8) is 0 Å². The fourth-order valence-corrected chi connectivity index (χ4v) is 3.24. The Labute approximate surface area is 132 Å². The van der Waals surface area contributed by atoms with Gasteiger partial charge in [0.2, 0.25) is 0 Å². The topological polar surface area (TPSA) is 12.0 Å². The van der Waals surface area contributed by atoms with Gasteiger partial charge < -0.3 is 5.32 Å². The molecule has 0 amide bonds. The van der Waals surface area contributed by atoms with Crippen LogP contribution in [0, 0.1) is 32.4 Å². The highest BCUT2D eigenvalue weighted by Crippen LogP contribution is 2.30. The van der Waals surface area contributed by atoms with E-state index < -0.39 is 11.6 Å². The summed E-state index contributed by atoms with van der Waals surface area (Å²) >= 11 is 3.08. The van der Waals surface area contributed by atoms with Gasteiger partial charge in [0.25, 0.3) is 0 Å². The lowest BCUT2D eigenvalue weighted by Gasteiger charge is -2.21. The van der Waals surface area contributed by atoms with Crippen LogP contribution in [-0.2, 0) is 0 Å². The molecular formula is C17H18BrF2N. The summed E-state index contributed by atoms with van der Waals surface area (Å²) < 4.78 is 28.2. The molecule has 0 saturated carbocycles. The van der Waals surface area contributed by atoms with E-state index in [0.29, 0.717) is 4.47 Å². The van der Waals surface area contributed by atoms with Gasteiger partial charge in [0.15, 0.2) is 0 Å². The van der Waals surface area contributed by atoms with Gasteiger partial charge in [0.1, 0.15) is 17.3 Å². The Balaban J connectivity index is 2.37. The largest absolute Gasteiger partial charge is 0.374 e. The molecule has 0 aliphatic carbocycles. The van der Waals surface area contributed by atoms with Crippen molar-refractivity contribution in [2.75, 3.05) is 5.32 Å². The zero-order valence-electron chi connectivity index (χ0n) is 12.5. The van der Waals surface area contributed by atoms with Gasteiger partial charge >= 0.3 is 0 Å². The van der Waals surface area contributed by atoms with Crippen molar-refractivity contribution in [2.45, 2.75) is 33.7 Å². The maximum Gasteiger partial charge on any atom is 0.150 e. The Kier molecular flexibility index (Phi) is 4.67. The molecule has 1 atom stereocenters. The third-order valence-corrected chi connectivity index (χ3v) is 4.00. The van der Waals surface area contributed by atoms with E-state index in [9.17, 15) is 8.78 Å². The molecule has 0 bridgehead atoms. The monoisotopic (exact) mass is 353 g/mol. The fraction of sp³-hybridized carbons (Fsp3) is 0.294. The van der Waals surface area contributed by atoms with Crippen LogP contribution in [0.15, 0.2) is 28.7 Å². The second-order valence-corrected chi connectivity index (χ2v) is 6.34. The number of hydrogen-bond donors (Lipinski definition) is 1. The van der Waals surface area contributed by atoms with Gasteiger partial charge in [-0.05, 0) is 56.5 Å². The quantitative estimate of drug-likeness (QED) is 0.732. The Bertz CT molecular complexity index is 636. The van der Waals surface area contributed by atoms with E-state index >= 15 is 0 Å². The highest BCUT2D eigenvalue weighted by molar-refractivity contribution is 9.10. The predicted octanol–water partition coefficient (Wildman–Crippen LogP) is 5.83. The highest BCUT2D eigenvalue weighted by Gasteiger charge is 2.17. The smallest absolute Gasteiger partial charge is 0.150 e. The maximum atomic E-state index is 13.9. The molecule has 2 aromatic rings. The van der Waals surface area contributed by atoms with Crippen LogP contribution in [0.4, 0.5) is 14.5 Å². The van der Waals surface area contributed by atoms with Crippen LogP contribution in [0.3, 0.4) is 0 Å². The van der Waals surface area contributed by atoms with E-state index in [4.69, 9.17) is 0 Å². The standard InChI is InChI=1S/C17H18BrF2N/c1-9-5-10(2)16(11(3)6-9)12(4)21-17-14(19)7-13(18)8-15(17)20/h5-8,12,21H,1-4H3. The van der Waals surface area contributed by atoms with Crippen molar-refractivity contribution in [3.05, 3.63) is 62.6 Å². The van der Waals surface area contributed by atoms with E-state index in [0.717, 1.165) is 16.7 Å². The van der Waals surface area contributed by atoms with Crippen molar-refractivity contribution in [1.82, 2.24) is 0 Å². The zero-order chi connectivity index (χ0) is 15.7. The minimum atomic E-state index is -0.601. The van der Waals surface area contributed by atoms with Crippen molar-refractivity contribution in [2.24, 2.45) is 0 Å². The predicted molar refractivity (Wildman–Crippen MR) is 86.7 cm³/mol. The number of benzene rings is 2. The van der Waals surface area contributed by atoms with Crippen LogP contribution in [0.1, 0.15) is 35.2 Å². The molecule has 112 valence electrons. The van der Waals surface area contributed by atoms with Gasteiger partial charge in [-0.2, -0.15) is 0 Å². The number of halogens is 3. The van der Waals surface area contributed by atoms with E-state index in [2.05, 4.69) is 33.4 Å². The third-order valence-electron chi connectivity index (χ3n) is 3.54. The van der Waals surface area contributed by atoms with Crippen molar-refractivity contribution < 1.29 is 8.78 Å². The molecule has 1 unspecified atom stereocenters. The summed E-state index contributed by atoms with van der Waals surface area (Å²) in [5.74, 6) is -1.20. The molecule has 2 rings (SSSR count). The van der Waals surface area contributed by atoms with Gasteiger partial charge in [0.05, 0.1) is 0 Å². The van der Waals surface area contributed by atoms with Crippen molar-refractivity contribution in [1.29, 1.82) is 0 Å². The fourth-order valence-electron chi connectivity index (χ4n) is 2.84. The SMILES string of the molecule is Cc1cc(C)c(C(C)Nc2c(F)cc(Br)cc2F)c(C)c1. The van der Waals surface area contributed by atoms with E-state index in [1.165, 1.54) is 17.7 Å². The summed E-state index contributed by atoms with van der Waals surface area (Å²) in [5, 5.41) is 2.95. The molecule has 0 fully saturated rings. The second-order valence-electron chi connectivity index (χ2n) is 5.42. The van der Waals surface area contributed by atoms with Crippen LogP contribution in [0.5, 0.6) is 0 Å². The van der Waals surface area contributed by atoms with Crippen molar-refractivity contribution in [3.8, 4) is 0 Å². The summed E-state index contributed by atoms with van der Waals surface area (Å²) in [6, 6.07) is 6.49. The second kappa shape index (κ2) is 6.14. The van der Waals surface area contributed by atoms with Crippen LogP contribution in [0.2, 0.25) is 0 Å². The zero-order valence-corrected chi connectivity index (χ0v) is 14.1. The normalized spacial score (nSPS) is 12.3. The van der Waals surface area contributed by atoms with Crippen LogP contribution in [-0.4, -0.2) is 0 Å². The minimum absolute atomic E-state index is 0.0925. The first kappa shape index (κ1) is 16.0. The van der Waals surface area contributed by atoms with Gasteiger partial charge in [-0.1, -0.05) is 33.6 Å². The van der Waals surface area contributed by atoms with Crippen LogP contribution in [0.25, 0.3) is 0 Å². The van der Waals surface area contributed by atoms with Gasteiger partial charge in [-0.25, -0.2) is 8.78 Å². The Morgan fingerprint density at radius 3 is 1.90 bits per heavy atom. The van der Waals surface area contributed by atoms with Crippen LogP contribution < -0.4 is 5.32 Å². The molecule has 0 aliphatic heterocycles. The Hall–Kier alpha value is -1.42. The summed E-state index contributed by atoms with van der Waals surface area (Å²) in [7, 11) is 0. The molecule has 0 saturated heterocycles. The molecule has 4 heteroatoms. The first-order valence-corrected chi connectivity index (χ1v) is 7.57. The lowest BCUT2D eigenvalue weighted by molar-refractivity contribution is 0.583. The lowest BCUT2D eigenvalue weighted by Crippen LogP contribution is -2.12. The summed E-state index contributed by atoms with van der Waals surface area (Å²) in [6.45, 7) is 7.98. The summed E-state index contributed by atoms with van der Waals surface area (Å²) in [4.78, 5) is 0. The Morgan fingerprint density at radius 2 is 1.43 bits per heavy atom. The first-order chi connectivity index (χ1) is 9.79. The molecule has 0 aromatic heterocycles. The number of nitrogens with one attached hydrogen (secondary N) is 1. The molecule has 21 heavy (non-hydrogen) atoms. The third kappa shape index (κ3) is 3.43. The van der Waals surface area contributed by atoms with Gasteiger partial charge in [-0.3, -0.25) is 0 Å². The molecule has 1 nitrogen and oxygen atoms in total. The van der Waals surface area contributed by atoms with Crippen molar-refractivity contribution >= 4 is 21.6 Å². The number of hydrogen-bond acceptors (Lipinski definition) is 1. The van der Waals surface area contributed by atoms with E-state index in [-0.39, 0.29) is 11.7 Å². The highest BCUT2D eigenvalue weighted by atomic mass is 79.9. The Morgan fingerprint density at radius 1 is 0.952 bits per heavy atom. The molecule has 0 heterocycles. The average molecular weight is 354 g/mol. The molecule has 0 aliphatic rings. The molecule has 2 aromatic carbocycles. The summed E-state index contributed by atoms with van der Waals surface area (Å²) in [5.41, 5.74) is 4.39. The number of aryl methyl sites for hydroxylation is 3. The molecular weight excluding hydrogens is 336 g/mol. The van der Waals surface area contributed by atoms with E-state index in [1.807, 2.05) is 27.7 Å². The molecule has 1 N–H and O–H groups in total. The van der Waals surface area contributed by atoms with Gasteiger partial charge in [0, 0.05) is 10.5 Å². The van der Waals surface area contributed by atoms with Gasteiger partial charge in [-0.15, -0.1) is 0 Å². The minimum Gasteiger partial charge on any atom is -0.374 e. The molecule has 0 spiro atoms. The number of rotatable bonds is 3. The van der Waals surface area contributed by atoms with E-state index in [1.54, 1.807) is 0 Å². The molecule has 0 radical (unpaired) electrons. The summed E-state index contributed by atoms with van der Waals surface area (Å²) in [6.07, 6.45) is 0. The maximum absolute atomic E-state index is 13.9. The number of anilines is 1. The first-order valence-electron chi connectivity index (χ1n) is 6.78. The average Bonchev–Trinajstić information content (AvgIpc) is 2.32.